The van der Waals surface area contributed by atoms with Crippen LogP contribution in [0.2, 0.25) is 0 Å². The number of amides is 1. The number of carbonyl (C=O) groups is 1. The van der Waals surface area contributed by atoms with E-state index in [-0.39, 0.29) is 17.7 Å². The van der Waals surface area contributed by atoms with Crippen LogP contribution in [-0.4, -0.2) is 15.9 Å². The van der Waals surface area contributed by atoms with Crippen molar-refractivity contribution in [3.05, 3.63) is 71.6 Å². The van der Waals surface area contributed by atoms with Crippen LogP contribution in [0, 0.1) is 34.8 Å². The smallest absolute Gasteiger partial charge is 0.229 e. The molecule has 1 amide bonds. The normalized spacial score (nSPS) is 26.2. The molecular weight excluding hydrogens is 458 g/mol. The molecule has 1 aromatic heterocycles. The summed E-state index contributed by atoms with van der Waals surface area (Å²) in [6.45, 7) is 0. The zero-order valence-electron chi connectivity index (χ0n) is 20.1. The summed E-state index contributed by atoms with van der Waals surface area (Å²) in [6, 6.07) is 11.0. The molecule has 4 fully saturated rings. The highest BCUT2D eigenvalue weighted by molar-refractivity contribution is 5.92. The number of carbonyl (C=O) groups excluding carboxylic acids is 1. The predicted octanol–water partition coefficient (Wildman–Crippen LogP) is 5.94. The van der Waals surface area contributed by atoms with E-state index >= 15 is 0 Å². The van der Waals surface area contributed by atoms with Gasteiger partial charge in [-0.2, -0.15) is 0 Å². The molecule has 4 saturated carbocycles. The quantitative estimate of drug-likeness (QED) is 0.421. The zero-order chi connectivity index (χ0) is 24.9. The third-order valence-electron chi connectivity index (χ3n) is 8.37. The van der Waals surface area contributed by atoms with Crippen LogP contribution in [0.4, 0.5) is 20.3 Å². The van der Waals surface area contributed by atoms with Gasteiger partial charge < -0.3 is 11.1 Å². The second-order valence-corrected chi connectivity index (χ2v) is 11.2. The van der Waals surface area contributed by atoms with Crippen LogP contribution in [0.1, 0.15) is 49.8 Å². The minimum absolute atomic E-state index is 0.0740. The van der Waals surface area contributed by atoms with Crippen molar-refractivity contribution in [2.75, 3.05) is 11.1 Å². The van der Waals surface area contributed by atoms with Crippen molar-refractivity contribution in [2.24, 2.45) is 23.2 Å². The minimum Gasteiger partial charge on any atom is -0.399 e. The van der Waals surface area contributed by atoms with Crippen molar-refractivity contribution < 1.29 is 13.6 Å². The number of halogens is 2. The molecule has 36 heavy (non-hydrogen) atoms. The monoisotopic (exact) mass is 488 g/mol. The third-order valence-corrected chi connectivity index (χ3v) is 8.37. The third kappa shape index (κ3) is 4.59. The molecule has 0 spiro atoms. The molecule has 1 heterocycles. The Balaban J connectivity index is 1.29. The Morgan fingerprint density at radius 3 is 2.28 bits per heavy atom. The molecule has 0 unspecified atom stereocenters. The molecule has 0 radical (unpaired) electrons. The van der Waals surface area contributed by atoms with Gasteiger partial charge in [0.05, 0.1) is 24.0 Å². The summed E-state index contributed by atoms with van der Waals surface area (Å²) < 4.78 is 26.9. The maximum absolute atomic E-state index is 13.6. The van der Waals surface area contributed by atoms with E-state index in [4.69, 9.17) is 10.7 Å². The van der Waals surface area contributed by atoms with Crippen LogP contribution in [0.3, 0.4) is 0 Å². The number of aromatic nitrogens is 2. The number of anilines is 2. The number of nitrogen functional groups attached to an aromatic ring is 1. The number of benzene rings is 2. The number of nitrogens with zero attached hydrogens (tertiary/aromatic N) is 2. The molecule has 7 rings (SSSR count). The number of hydrogen-bond acceptors (Lipinski definition) is 4. The maximum atomic E-state index is 13.6. The lowest BCUT2D eigenvalue weighted by molar-refractivity contribution is -0.115. The topological polar surface area (TPSA) is 80.9 Å². The van der Waals surface area contributed by atoms with Gasteiger partial charge >= 0.3 is 0 Å². The molecule has 4 aliphatic carbocycles. The Kier molecular flexibility index (Phi) is 5.73. The Labute approximate surface area is 209 Å². The van der Waals surface area contributed by atoms with E-state index in [9.17, 15) is 13.6 Å². The molecular formula is C29H30F2N4O. The van der Waals surface area contributed by atoms with Gasteiger partial charge in [0.2, 0.25) is 5.91 Å². The van der Waals surface area contributed by atoms with Crippen molar-refractivity contribution in [1.82, 2.24) is 9.97 Å². The molecule has 4 bridgehead atoms. The van der Waals surface area contributed by atoms with Gasteiger partial charge in [-0.25, -0.2) is 18.7 Å². The van der Waals surface area contributed by atoms with E-state index < -0.39 is 11.6 Å². The van der Waals surface area contributed by atoms with Crippen molar-refractivity contribution in [2.45, 2.75) is 51.4 Å². The SMILES string of the molecule is Nc1ccc(-c2cnc(NC(=O)Cc3ccc(F)c(F)c3)c(CC34CC5CC(CC(C5)C3)C4)n2)cc1. The van der Waals surface area contributed by atoms with Gasteiger partial charge in [0.15, 0.2) is 17.5 Å². The van der Waals surface area contributed by atoms with Gasteiger partial charge in [-0.1, -0.05) is 18.2 Å². The molecule has 186 valence electrons. The predicted molar refractivity (Wildman–Crippen MR) is 135 cm³/mol. The summed E-state index contributed by atoms with van der Waals surface area (Å²) in [5, 5.41) is 2.91. The lowest BCUT2D eigenvalue weighted by Crippen LogP contribution is -2.47. The van der Waals surface area contributed by atoms with Crippen LogP contribution in [-0.2, 0) is 17.6 Å². The fourth-order valence-corrected chi connectivity index (χ4v) is 7.32. The first-order valence-electron chi connectivity index (χ1n) is 12.8. The average molecular weight is 489 g/mol. The standard InChI is InChI=1S/C29H30F2N4O/c30-23-6-1-17(10-24(23)31)11-27(36)35-28-25(34-26(16-33-28)21-2-4-22(32)5-3-21)15-29-12-18-7-19(13-29)9-20(8-18)14-29/h1-6,10,16,18-20H,7-9,11-15,32H2,(H,33,35,36). The van der Waals surface area contributed by atoms with Gasteiger partial charge in [-0.05, 0) is 97.9 Å². The number of rotatable bonds is 6. The van der Waals surface area contributed by atoms with Crippen molar-refractivity contribution in [3.8, 4) is 11.3 Å². The highest BCUT2D eigenvalue weighted by atomic mass is 19.2. The van der Waals surface area contributed by atoms with Crippen LogP contribution in [0.5, 0.6) is 0 Å². The maximum Gasteiger partial charge on any atom is 0.229 e. The van der Waals surface area contributed by atoms with E-state index in [2.05, 4.69) is 10.3 Å². The second-order valence-electron chi connectivity index (χ2n) is 11.2. The fraction of sp³-hybridized carbons (Fsp3) is 0.414. The van der Waals surface area contributed by atoms with Crippen LogP contribution in [0.15, 0.2) is 48.7 Å². The van der Waals surface area contributed by atoms with E-state index in [0.717, 1.165) is 53.3 Å². The van der Waals surface area contributed by atoms with Crippen molar-refractivity contribution in [3.63, 3.8) is 0 Å². The molecule has 0 atom stereocenters. The Bertz CT molecular complexity index is 1270. The summed E-state index contributed by atoms with van der Waals surface area (Å²) in [6.07, 6.45) is 10.1. The molecule has 4 aliphatic rings. The zero-order valence-corrected chi connectivity index (χ0v) is 20.1. The number of nitrogens with one attached hydrogen (secondary N) is 1. The van der Waals surface area contributed by atoms with Gasteiger partial charge in [-0.15, -0.1) is 0 Å². The Morgan fingerprint density at radius 2 is 1.64 bits per heavy atom. The van der Waals surface area contributed by atoms with E-state index in [1.165, 1.54) is 44.6 Å². The summed E-state index contributed by atoms with van der Waals surface area (Å²) >= 11 is 0. The molecule has 5 nitrogen and oxygen atoms in total. The summed E-state index contributed by atoms with van der Waals surface area (Å²) in [7, 11) is 0. The molecule has 3 aromatic rings. The fourth-order valence-electron chi connectivity index (χ4n) is 7.32. The van der Waals surface area contributed by atoms with Crippen molar-refractivity contribution in [1.29, 1.82) is 0 Å². The highest BCUT2D eigenvalue weighted by Gasteiger charge is 2.51. The highest BCUT2D eigenvalue weighted by Crippen LogP contribution is 2.61. The molecule has 2 aromatic carbocycles. The lowest BCUT2D eigenvalue weighted by atomic mass is 9.48. The van der Waals surface area contributed by atoms with E-state index in [1.54, 1.807) is 6.20 Å². The summed E-state index contributed by atoms with van der Waals surface area (Å²) in [5.41, 5.74) is 9.62. The van der Waals surface area contributed by atoms with Gasteiger partial charge in [0.1, 0.15) is 0 Å². The first-order chi connectivity index (χ1) is 17.3. The van der Waals surface area contributed by atoms with Crippen LogP contribution < -0.4 is 11.1 Å². The molecule has 0 saturated heterocycles. The first kappa shape index (κ1) is 23.1. The minimum atomic E-state index is -0.963. The largest absolute Gasteiger partial charge is 0.399 e. The number of nitrogens with two attached hydrogens (primary N) is 1. The summed E-state index contributed by atoms with van der Waals surface area (Å²) in [4.78, 5) is 22.5. The van der Waals surface area contributed by atoms with Crippen LogP contribution >= 0.6 is 0 Å². The molecule has 3 N–H and O–H groups in total. The second kappa shape index (κ2) is 8.95. The first-order valence-corrected chi connectivity index (χ1v) is 12.8. The van der Waals surface area contributed by atoms with Gasteiger partial charge in [0.25, 0.3) is 0 Å². The van der Waals surface area contributed by atoms with E-state index in [1.807, 2.05) is 24.3 Å². The van der Waals surface area contributed by atoms with Gasteiger partial charge in [-0.3, -0.25) is 4.79 Å². The molecule has 0 aliphatic heterocycles. The van der Waals surface area contributed by atoms with Crippen LogP contribution in [0.25, 0.3) is 11.3 Å². The number of hydrogen-bond donors (Lipinski definition) is 2. The average Bonchev–Trinajstić information content (AvgIpc) is 2.82. The lowest BCUT2D eigenvalue weighted by Gasteiger charge is -2.57. The molecule has 7 heteroatoms. The van der Waals surface area contributed by atoms with Crippen molar-refractivity contribution >= 4 is 17.4 Å². The van der Waals surface area contributed by atoms with E-state index in [0.29, 0.717) is 17.1 Å². The van der Waals surface area contributed by atoms with Gasteiger partial charge in [0, 0.05) is 11.3 Å². The Hall–Kier alpha value is -3.35. The Morgan fingerprint density at radius 1 is 0.972 bits per heavy atom. The summed E-state index contributed by atoms with van der Waals surface area (Å²) in [5.74, 6) is 0.638.